The molecule has 0 amide bonds. The summed E-state index contributed by atoms with van der Waals surface area (Å²) >= 11 is 0. The first-order chi connectivity index (χ1) is 15.4. The Hall–Kier alpha value is -3.09. The lowest BCUT2D eigenvalue weighted by atomic mass is 9.66. The van der Waals surface area contributed by atoms with Gasteiger partial charge in [0.1, 0.15) is 23.0 Å². The third kappa shape index (κ3) is 3.36. The number of fused-ring (bicyclic) bond motifs is 1. The first-order valence-electron chi connectivity index (χ1n) is 11.3. The molecular weight excluding hydrogens is 422 g/mol. The maximum Gasteiger partial charge on any atom is 0.354 e. The lowest BCUT2D eigenvalue weighted by Crippen LogP contribution is -2.37. The van der Waals surface area contributed by atoms with E-state index in [0.29, 0.717) is 65.5 Å². The predicted molar refractivity (Wildman–Crippen MR) is 120 cm³/mol. The molecular formula is C26H29NO6. The van der Waals surface area contributed by atoms with Crippen molar-refractivity contribution in [1.29, 1.82) is 0 Å². The number of hydrogen-bond acceptors (Lipinski definition) is 6. The maximum atomic E-state index is 13.4. The topological polar surface area (TPSA) is 87.7 Å². The standard InChI is InChI=1S/C26H29NO6/c1-25(2)9-15(28)20-18(11-25)32-19-12-26(3,4)10-16(29)21(19)22(20)17-8-13-7-14(24(30)31-6)27(5)23(13)33-17/h7-8,22H,9-12H2,1-6H3. The molecule has 0 fully saturated rings. The smallest absolute Gasteiger partial charge is 0.354 e. The van der Waals surface area contributed by atoms with Gasteiger partial charge < -0.3 is 18.5 Å². The molecule has 1 aliphatic heterocycles. The number of methoxy groups -OCH3 is 1. The van der Waals surface area contributed by atoms with Gasteiger partial charge in [0.2, 0.25) is 5.71 Å². The van der Waals surface area contributed by atoms with Crippen molar-refractivity contribution in [3.8, 4) is 0 Å². The molecule has 0 saturated carbocycles. The first-order valence-corrected chi connectivity index (χ1v) is 11.3. The summed E-state index contributed by atoms with van der Waals surface area (Å²) in [6, 6.07) is 3.53. The quantitative estimate of drug-likeness (QED) is 0.600. The van der Waals surface area contributed by atoms with Crippen molar-refractivity contribution >= 4 is 28.6 Å². The lowest BCUT2D eigenvalue weighted by Gasteiger charge is -2.42. The molecule has 3 aliphatic rings. The molecule has 174 valence electrons. The van der Waals surface area contributed by atoms with Gasteiger partial charge in [-0.05, 0) is 23.0 Å². The normalized spacial score (nSPS) is 22.4. The van der Waals surface area contributed by atoms with Crippen molar-refractivity contribution in [3.63, 3.8) is 0 Å². The minimum absolute atomic E-state index is 0.00820. The molecule has 0 spiro atoms. The summed E-state index contributed by atoms with van der Waals surface area (Å²) < 4.78 is 19.0. The molecule has 7 heteroatoms. The summed E-state index contributed by atoms with van der Waals surface area (Å²) in [6.45, 7) is 8.23. The molecule has 0 aromatic carbocycles. The highest BCUT2D eigenvalue weighted by molar-refractivity contribution is 6.06. The number of carbonyl (C=O) groups is 3. The van der Waals surface area contributed by atoms with Crippen molar-refractivity contribution in [2.45, 2.75) is 59.3 Å². The molecule has 0 bridgehead atoms. The summed E-state index contributed by atoms with van der Waals surface area (Å²) in [5.74, 6) is 0.766. The molecule has 2 aromatic heterocycles. The van der Waals surface area contributed by atoms with E-state index in [-0.39, 0.29) is 22.4 Å². The van der Waals surface area contributed by atoms with Crippen LogP contribution in [0.25, 0.3) is 11.1 Å². The van der Waals surface area contributed by atoms with Crippen molar-refractivity contribution in [3.05, 3.63) is 46.3 Å². The second-order valence-electron chi connectivity index (χ2n) is 11.1. The summed E-state index contributed by atoms with van der Waals surface area (Å²) in [5, 5.41) is 0.718. The Kier molecular flexibility index (Phi) is 4.58. The number of hydrogen-bond donors (Lipinski definition) is 0. The van der Waals surface area contributed by atoms with Gasteiger partial charge in [0.25, 0.3) is 0 Å². The van der Waals surface area contributed by atoms with E-state index in [2.05, 4.69) is 27.7 Å². The lowest BCUT2D eigenvalue weighted by molar-refractivity contribution is -0.120. The Morgan fingerprint density at radius 2 is 1.52 bits per heavy atom. The summed E-state index contributed by atoms with van der Waals surface area (Å²) in [4.78, 5) is 38.8. The number of ketones is 2. The zero-order chi connectivity index (χ0) is 23.9. The van der Waals surface area contributed by atoms with Crippen molar-refractivity contribution in [2.75, 3.05) is 7.11 Å². The number of ether oxygens (including phenoxy) is 2. The predicted octanol–water partition coefficient (Wildman–Crippen LogP) is 4.96. The molecule has 5 rings (SSSR count). The van der Waals surface area contributed by atoms with Crippen LogP contribution in [0.2, 0.25) is 0 Å². The third-order valence-electron chi connectivity index (χ3n) is 6.98. The highest BCUT2D eigenvalue weighted by Gasteiger charge is 2.49. The zero-order valence-electron chi connectivity index (χ0n) is 20.0. The average Bonchev–Trinajstić information content (AvgIpc) is 3.23. The van der Waals surface area contributed by atoms with Crippen LogP contribution in [0.1, 0.15) is 75.5 Å². The van der Waals surface area contributed by atoms with E-state index in [4.69, 9.17) is 13.9 Å². The van der Waals surface area contributed by atoms with Crippen molar-refractivity contribution in [2.24, 2.45) is 17.9 Å². The summed E-state index contributed by atoms with van der Waals surface area (Å²) in [7, 11) is 3.06. The molecule has 0 radical (unpaired) electrons. The van der Waals surface area contributed by atoms with Crippen LogP contribution in [0.4, 0.5) is 0 Å². The number of furan rings is 1. The van der Waals surface area contributed by atoms with Gasteiger partial charge in [0.15, 0.2) is 11.6 Å². The number of nitrogens with zero attached hydrogens (tertiary/aromatic N) is 1. The largest absolute Gasteiger partial charge is 0.465 e. The third-order valence-corrected chi connectivity index (χ3v) is 6.98. The minimum atomic E-state index is -0.593. The number of allylic oxidation sites excluding steroid dienone is 4. The second kappa shape index (κ2) is 6.95. The van der Waals surface area contributed by atoms with Crippen molar-refractivity contribution in [1.82, 2.24) is 4.57 Å². The monoisotopic (exact) mass is 451 g/mol. The average molecular weight is 452 g/mol. The molecule has 0 atom stereocenters. The summed E-state index contributed by atoms with van der Waals surface area (Å²) in [6.07, 6.45) is 2.03. The number of aryl methyl sites for hydroxylation is 1. The molecule has 2 aromatic rings. The number of rotatable bonds is 2. The molecule has 0 saturated heterocycles. The van der Waals surface area contributed by atoms with E-state index in [1.54, 1.807) is 17.7 Å². The van der Waals surface area contributed by atoms with Crippen LogP contribution in [-0.4, -0.2) is 29.2 Å². The number of aromatic nitrogens is 1. The molecule has 0 unspecified atom stereocenters. The first kappa shape index (κ1) is 21.7. The second-order valence-corrected chi connectivity index (χ2v) is 11.1. The van der Waals surface area contributed by atoms with Crippen LogP contribution < -0.4 is 0 Å². The van der Waals surface area contributed by atoms with Crippen LogP contribution in [-0.2, 0) is 26.1 Å². The fourth-order valence-electron chi connectivity index (χ4n) is 5.54. The van der Waals surface area contributed by atoms with Gasteiger partial charge in [-0.2, -0.15) is 0 Å². The number of esters is 1. The van der Waals surface area contributed by atoms with E-state index < -0.39 is 11.9 Å². The molecule has 3 heterocycles. The molecule has 33 heavy (non-hydrogen) atoms. The SMILES string of the molecule is COC(=O)c1cc2cc(C3C4=C(CC(C)(C)CC4=O)OC4=C3C(=O)CC(C)(C)C4)oc2n1C. The van der Waals surface area contributed by atoms with E-state index in [0.717, 1.165) is 5.39 Å². The molecule has 7 nitrogen and oxygen atoms in total. The maximum absolute atomic E-state index is 13.4. The van der Waals surface area contributed by atoms with Gasteiger partial charge in [0.05, 0.1) is 13.0 Å². The van der Waals surface area contributed by atoms with E-state index in [9.17, 15) is 14.4 Å². The van der Waals surface area contributed by atoms with Gasteiger partial charge >= 0.3 is 5.97 Å². The van der Waals surface area contributed by atoms with Crippen LogP contribution in [0.3, 0.4) is 0 Å². The highest BCUT2D eigenvalue weighted by atomic mass is 16.5. The van der Waals surface area contributed by atoms with Crippen LogP contribution in [0.15, 0.2) is 39.2 Å². The summed E-state index contributed by atoms with van der Waals surface area (Å²) in [5.41, 5.74) is 1.51. The zero-order valence-corrected chi connectivity index (χ0v) is 20.0. The van der Waals surface area contributed by atoms with Crippen LogP contribution in [0, 0.1) is 10.8 Å². The Balaban J connectivity index is 1.69. The van der Waals surface area contributed by atoms with Gasteiger partial charge in [-0.1, -0.05) is 27.7 Å². The van der Waals surface area contributed by atoms with E-state index in [1.807, 2.05) is 6.07 Å². The number of carbonyl (C=O) groups excluding carboxylic acids is 3. The van der Waals surface area contributed by atoms with Gasteiger partial charge in [-0.15, -0.1) is 0 Å². The number of Topliss-reactive ketones (excluding diaryl/α,β-unsaturated/α-hetero) is 2. The van der Waals surface area contributed by atoms with Gasteiger partial charge in [-0.3, -0.25) is 9.59 Å². The van der Waals surface area contributed by atoms with Gasteiger partial charge in [0, 0.05) is 49.3 Å². The van der Waals surface area contributed by atoms with Crippen molar-refractivity contribution < 1.29 is 28.3 Å². The van der Waals surface area contributed by atoms with E-state index in [1.165, 1.54) is 7.11 Å². The Bertz CT molecular complexity index is 1240. The fraction of sp³-hybridized carbons (Fsp3) is 0.500. The van der Waals surface area contributed by atoms with E-state index >= 15 is 0 Å². The van der Waals surface area contributed by atoms with Crippen LogP contribution >= 0.6 is 0 Å². The Morgan fingerprint density at radius 3 is 2.00 bits per heavy atom. The molecule has 0 N–H and O–H groups in total. The van der Waals surface area contributed by atoms with Gasteiger partial charge in [-0.25, -0.2) is 4.79 Å². The fourth-order valence-corrected chi connectivity index (χ4v) is 5.54. The molecule has 2 aliphatic carbocycles. The highest BCUT2D eigenvalue weighted by Crippen LogP contribution is 2.53. The Labute approximate surface area is 192 Å². The van der Waals surface area contributed by atoms with Crippen LogP contribution in [0.5, 0.6) is 0 Å². The minimum Gasteiger partial charge on any atom is -0.465 e. The Morgan fingerprint density at radius 1 is 0.970 bits per heavy atom.